The summed E-state index contributed by atoms with van der Waals surface area (Å²) in [6.07, 6.45) is 1.43. The average molecular weight is 298 g/mol. The molecule has 1 aromatic heterocycles. The van der Waals surface area contributed by atoms with E-state index < -0.39 is 10.0 Å². The zero-order valence-corrected chi connectivity index (χ0v) is 11.7. The van der Waals surface area contributed by atoms with Crippen molar-refractivity contribution in [2.75, 3.05) is 10.5 Å². The van der Waals surface area contributed by atoms with Gasteiger partial charge in [-0.25, -0.2) is 13.4 Å². The molecule has 0 unspecified atom stereocenters. The van der Waals surface area contributed by atoms with Crippen molar-refractivity contribution in [1.29, 1.82) is 0 Å². The number of benzene rings is 1. The molecule has 0 radical (unpaired) electrons. The summed E-state index contributed by atoms with van der Waals surface area (Å²) < 4.78 is 26.9. The third kappa shape index (κ3) is 2.80. The Kier molecular flexibility index (Phi) is 3.64. The highest BCUT2D eigenvalue weighted by molar-refractivity contribution is 7.92. The Morgan fingerprint density at radius 1 is 1.26 bits per heavy atom. The molecule has 100 valence electrons. The van der Waals surface area contributed by atoms with Gasteiger partial charge in [0.15, 0.2) is 0 Å². The second-order valence-corrected chi connectivity index (χ2v) is 5.96. The van der Waals surface area contributed by atoms with Crippen LogP contribution in [0.25, 0.3) is 0 Å². The van der Waals surface area contributed by atoms with E-state index in [1.165, 1.54) is 18.3 Å². The number of nitrogen functional groups attached to an aromatic ring is 1. The number of nitrogens with two attached hydrogens (primary N) is 1. The number of rotatable bonds is 3. The Morgan fingerprint density at radius 2 is 2.00 bits per heavy atom. The Labute approximate surface area is 116 Å². The molecule has 19 heavy (non-hydrogen) atoms. The smallest absolute Gasteiger partial charge is 0.265 e. The Bertz CT molecular complexity index is 717. The molecule has 1 aromatic carbocycles. The van der Waals surface area contributed by atoms with E-state index in [0.29, 0.717) is 16.3 Å². The van der Waals surface area contributed by atoms with Gasteiger partial charge in [-0.1, -0.05) is 17.7 Å². The lowest BCUT2D eigenvalue weighted by molar-refractivity contribution is 0.601. The van der Waals surface area contributed by atoms with Crippen molar-refractivity contribution in [3.63, 3.8) is 0 Å². The van der Waals surface area contributed by atoms with Crippen LogP contribution in [-0.4, -0.2) is 13.4 Å². The largest absolute Gasteiger partial charge is 0.383 e. The van der Waals surface area contributed by atoms with Crippen LogP contribution in [0.3, 0.4) is 0 Å². The summed E-state index contributed by atoms with van der Waals surface area (Å²) in [7, 11) is -3.78. The summed E-state index contributed by atoms with van der Waals surface area (Å²) in [6.45, 7) is 1.73. The maximum Gasteiger partial charge on any atom is 0.265 e. The van der Waals surface area contributed by atoms with Gasteiger partial charge in [0.05, 0.1) is 5.69 Å². The van der Waals surface area contributed by atoms with Crippen LogP contribution < -0.4 is 10.5 Å². The maximum absolute atomic E-state index is 12.2. The fraction of sp³-hybridized carbons (Fsp3) is 0.0833. The zero-order valence-electron chi connectivity index (χ0n) is 10.1. The second kappa shape index (κ2) is 5.07. The number of pyridine rings is 1. The van der Waals surface area contributed by atoms with Crippen LogP contribution in [0.2, 0.25) is 5.02 Å². The highest BCUT2D eigenvalue weighted by Crippen LogP contribution is 2.26. The van der Waals surface area contributed by atoms with E-state index in [1.54, 1.807) is 25.1 Å². The van der Waals surface area contributed by atoms with Crippen molar-refractivity contribution in [3.05, 3.63) is 47.1 Å². The van der Waals surface area contributed by atoms with Crippen molar-refractivity contribution < 1.29 is 8.42 Å². The number of nitrogens with zero attached hydrogens (tertiary/aromatic N) is 1. The molecule has 0 atom stereocenters. The predicted molar refractivity (Wildman–Crippen MR) is 75.6 cm³/mol. The molecule has 3 N–H and O–H groups in total. The van der Waals surface area contributed by atoms with Gasteiger partial charge in [-0.05, 0) is 36.8 Å². The molecule has 1 heterocycles. The first-order valence-corrected chi connectivity index (χ1v) is 7.26. The maximum atomic E-state index is 12.2. The first kappa shape index (κ1) is 13.6. The average Bonchev–Trinajstić information content (AvgIpc) is 2.35. The van der Waals surface area contributed by atoms with E-state index in [2.05, 4.69) is 9.71 Å². The minimum atomic E-state index is -3.78. The van der Waals surface area contributed by atoms with Crippen molar-refractivity contribution in [2.45, 2.75) is 11.8 Å². The van der Waals surface area contributed by atoms with Gasteiger partial charge in [0.2, 0.25) is 0 Å². The summed E-state index contributed by atoms with van der Waals surface area (Å²) in [5.74, 6) is -0.0466. The normalized spacial score (nSPS) is 11.3. The fourth-order valence-electron chi connectivity index (χ4n) is 1.55. The van der Waals surface area contributed by atoms with E-state index >= 15 is 0 Å². The number of anilines is 2. The van der Waals surface area contributed by atoms with Crippen LogP contribution in [0.15, 0.2) is 41.4 Å². The van der Waals surface area contributed by atoms with Gasteiger partial charge in [-0.2, -0.15) is 0 Å². The summed E-state index contributed by atoms with van der Waals surface area (Å²) >= 11 is 5.95. The van der Waals surface area contributed by atoms with Gasteiger partial charge in [-0.15, -0.1) is 0 Å². The molecule has 0 saturated heterocycles. The van der Waals surface area contributed by atoms with Crippen LogP contribution in [0.1, 0.15) is 5.56 Å². The van der Waals surface area contributed by atoms with E-state index in [-0.39, 0.29) is 10.7 Å². The molecule has 0 amide bonds. The molecule has 2 aromatic rings. The molecule has 0 fully saturated rings. The first-order valence-electron chi connectivity index (χ1n) is 5.40. The lowest BCUT2D eigenvalue weighted by Crippen LogP contribution is -2.16. The van der Waals surface area contributed by atoms with Crippen LogP contribution in [-0.2, 0) is 10.0 Å². The molecule has 0 aliphatic heterocycles. The summed E-state index contributed by atoms with van der Waals surface area (Å²) in [5.41, 5.74) is 6.63. The molecular formula is C12H12ClN3O2S. The molecule has 7 heteroatoms. The first-order chi connectivity index (χ1) is 8.92. The van der Waals surface area contributed by atoms with E-state index in [1.807, 2.05) is 0 Å². The third-order valence-electron chi connectivity index (χ3n) is 2.60. The van der Waals surface area contributed by atoms with Crippen LogP contribution >= 0.6 is 11.6 Å². The number of aromatic nitrogens is 1. The SMILES string of the molecule is Cc1c(Cl)cccc1NS(=O)(=O)c1cccnc1N. The third-order valence-corrected chi connectivity index (χ3v) is 4.42. The van der Waals surface area contributed by atoms with Gasteiger partial charge in [0.1, 0.15) is 10.7 Å². The Balaban J connectivity index is 2.43. The highest BCUT2D eigenvalue weighted by atomic mass is 35.5. The molecule has 0 bridgehead atoms. The lowest BCUT2D eigenvalue weighted by Gasteiger charge is -2.12. The minimum absolute atomic E-state index is 0.0466. The molecule has 0 aliphatic rings. The summed E-state index contributed by atoms with van der Waals surface area (Å²) in [5, 5.41) is 0.486. The van der Waals surface area contributed by atoms with Crippen LogP contribution in [0.4, 0.5) is 11.5 Å². The van der Waals surface area contributed by atoms with Crippen molar-refractivity contribution >= 4 is 33.1 Å². The topological polar surface area (TPSA) is 85.1 Å². The van der Waals surface area contributed by atoms with Gasteiger partial charge in [0.25, 0.3) is 10.0 Å². The highest BCUT2D eigenvalue weighted by Gasteiger charge is 2.19. The number of nitrogens with one attached hydrogen (secondary N) is 1. The van der Waals surface area contributed by atoms with E-state index in [4.69, 9.17) is 17.3 Å². The van der Waals surface area contributed by atoms with Crippen LogP contribution in [0.5, 0.6) is 0 Å². The number of hydrogen-bond donors (Lipinski definition) is 2. The monoisotopic (exact) mass is 297 g/mol. The van der Waals surface area contributed by atoms with Gasteiger partial charge < -0.3 is 5.73 Å². The van der Waals surface area contributed by atoms with E-state index in [0.717, 1.165) is 0 Å². The van der Waals surface area contributed by atoms with Crippen molar-refractivity contribution in [1.82, 2.24) is 4.98 Å². The van der Waals surface area contributed by atoms with Gasteiger partial charge in [-0.3, -0.25) is 4.72 Å². The number of hydrogen-bond acceptors (Lipinski definition) is 4. The molecule has 0 saturated carbocycles. The zero-order chi connectivity index (χ0) is 14.0. The second-order valence-electron chi connectivity index (χ2n) is 3.90. The summed E-state index contributed by atoms with van der Waals surface area (Å²) in [6, 6.07) is 7.89. The van der Waals surface area contributed by atoms with Gasteiger partial charge >= 0.3 is 0 Å². The molecular weight excluding hydrogens is 286 g/mol. The number of halogens is 1. The molecule has 5 nitrogen and oxygen atoms in total. The molecule has 2 rings (SSSR count). The Morgan fingerprint density at radius 3 is 2.68 bits per heavy atom. The minimum Gasteiger partial charge on any atom is -0.383 e. The number of sulfonamides is 1. The molecule has 0 spiro atoms. The predicted octanol–water partition coefficient (Wildman–Crippen LogP) is 2.43. The standard InChI is InChI=1S/C12H12ClN3O2S/c1-8-9(13)4-2-5-10(8)16-19(17,18)11-6-3-7-15-12(11)14/h2-7,16H,1H3,(H2,14,15). The molecule has 0 aliphatic carbocycles. The van der Waals surface area contributed by atoms with Gasteiger partial charge in [0, 0.05) is 11.2 Å². The summed E-state index contributed by atoms with van der Waals surface area (Å²) in [4.78, 5) is 3.70. The fourth-order valence-corrected chi connectivity index (χ4v) is 2.93. The Hall–Kier alpha value is -1.79. The van der Waals surface area contributed by atoms with Crippen molar-refractivity contribution in [2.24, 2.45) is 0 Å². The lowest BCUT2D eigenvalue weighted by atomic mass is 10.2. The van der Waals surface area contributed by atoms with Crippen LogP contribution in [0, 0.1) is 6.92 Å². The quantitative estimate of drug-likeness (QED) is 0.911. The van der Waals surface area contributed by atoms with Crippen molar-refractivity contribution in [3.8, 4) is 0 Å². The van der Waals surface area contributed by atoms with E-state index in [9.17, 15) is 8.42 Å².